The van der Waals surface area contributed by atoms with Crippen molar-refractivity contribution in [1.82, 2.24) is 4.98 Å². The van der Waals surface area contributed by atoms with Crippen molar-refractivity contribution in [3.8, 4) is 0 Å². The van der Waals surface area contributed by atoms with Gasteiger partial charge in [0, 0.05) is 29.4 Å². The van der Waals surface area contributed by atoms with Gasteiger partial charge in [0.1, 0.15) is 12.4 Å². The Kier molecular flexibility index (Phi) is 1.94. The molecule has 1 aromatic carbocycles. The number of nitrogens with zero attached hydrogens (tertiary/aromatic N) is 1. The van der Waals surface area contributed by atoms with Crippen molar-refractivity contribution >= 4 is 17.0 Å². The predicted molar refractivity (Wildman–Crippen MR) is 70.8 cm³/mol. The van der Waals surface area contributed by atoms with Gasteiger partial charge in [-0.2, -0.15) is 0 Å². The van der Waals surface area contributed by atoms with Crippen molar-refractivity contribution in [1.29, 1.82) is 0 Å². The minimum absolute atomic E-state index is 0.664. The fraction of sp³-hybridized carbons (Fsp3) is 0.133. The van der Waals surface area contributed by atoms with Crippen LogP contribution in [-0.4, -0.2) is 11.5 Å². The maximum atomic E-state index is 5.86. The molecule has 2 aliphatic heterocycles. The first-order chi connectivity index (χ1) is 8.93. The lowest BCUT2D eigenvalue weighted by atomic mass is 10.0. The number of anilines is 1. The van der Waals surface area contributed by atoms with Crippen LogP contribution in [-0.2, 0) is 11.3 Å². The Hall–Kier alpha value is -2.29. The summed E-state index contributed by atoms with van der Waals surface area (Å²) in [7, 11) is 0. The fourth-order valence-corrected chi connectivity index (χ4v) is 2.59. The van der Waals surface area contributed by atoms with E-state index in [2.05, 4.69) is 40.6 Å². The van der Waals surface area contributed by atoms with Crippen LogP contribution in [0.5, 0.6) is 0 Å². The van der Waals surface area contributed by atoms with E-state index in [9.17, 15) is 0 Å². The van der Waals surface area contributed by atoms with E-state index in [4.69, 9.17) is 4.74 Å². The first-order valence-electron chi connectivity index (χ1n) is 6.07. The van der Waals surface area contributed by atoms with Crippen LogP contribution in [0.25, 0.3) is 11.3 Å². The molecule has 3 nitrogen and oxygen atoms in total. The van der Waals surface area contributed by atoms with Gasteiger partial charge < -0.3 is 10.1 Å². The topological polar surface area (TPSA) is 34.1 Å². The Bertz CT molecular complexity index is 604. The number of hydrogen-bond acceptors (Lipinski definition) is 3. The van der Waals surface area contributed by atoms with Crippen molar-refractivity contribution in [3.63, 3.8) is 0 Å². The summed E-state index contributed by atoms with van der Waals surface area (Å²) in [6.45, 7) is 1.45. The van der Waals surface area contributed by atoms with Gasteiger partial charge in [0.05, 0.1) is 11.4 Å². The van der Waals surface area contributed by atoms with E-state index < -0.39 is 0 Å². The Labute approximate surface area is 105 Å². The van der Waals surface area contributed by atoms with Gasteiger partial charge in [-0.25, -0.2) is 0 Å². The maximum absolute atomic E-state index is 5.86. The summed E-state index contributed by atoms with van der Waals surface area (Å²) in [6.07, 6.45) is 1.83. The zero-order valence-corrected chi connectivity index (χ0v) is 9.81. The molecular weight excluding hydrogens is 224 g/mol. The molecule has 0 unspecified atom stereocenters. The second kappa shape index (κ2) is 3.60. The zero-order chi connectivity index (χ0) is 11.9. The second-order valence-corrected chi connectivity index (χ2v) is 4.51. The molecule has 2 aromatic rings. The van der Waals surface area contributed by atoms with Crippen LogP contribution in [0.1, 0.15) is 16.8 Å². The highest BCUT2D eigenvalue weighted by Crippen LogP contribution is 2.39. The molecule has 1 N–H and O–H groups in total. The van der Waals surface area contributed by atoms with E-state index in [1.54, 1.807) is 0 Å². The van der Waals surface area contributed by atoms with E-state index in [1.165, 1.54) is 11.1 Å². The molecule has 0 spiro atoms. The highest BCUT2D eigenvalue weighted by Gasteiger charge is 2.26. The van der Waals surface area contributed by atoms with Gasteiger partial charge in [0.2, 0.25) is 0 Å². The molecule has 0 saturated carbocycles. The Balaban J connectivity index is 1.93. The number of pyridine rings is 1. The quantitative estimate of drug-likeness (QED) is 0.763. The maximum Gasteiger partial charge on any atom is 0.134 e. The molecule has 3 heterocycles. The minimum Gasteiger partial charge on any atom is -0.488 e. The molecule has 0 atom stereocenters. The SMILES string of the molecule is c1ccc2c(c1)CO/C2=C1/CNc2cccnc21. The first-order valence-corrected chi connectivity index (χ1v) is 6.07. The largest absolute Gasteiger partial charge is 0.488 e. The van der Waals surface area contributed by atoms with Gasteiger partial charge in [-0.3, -0.25) is 4.98 Å². The number of benzene rings is 1. The van der Waals surface area contributed by atoms with Crippen molar-refractivity contribution < 1.29 is 4.74 Å². The van der Waals surface area contributed by atoms with Crippen LogP contribution in [0, 0.1) is 0 Å². The molecule has 4 rings (SSSR count). The number of ether oxygens (including phenoxy) is 1. The summed E-state index contributed by atoms with van der Waals surface area (Å²) < 4.78 is 5.86. The molecule has 0 radical (unpaired) electrons. The predicted octanol–water partition coefficient (Wildman–Crippen LogP) is 2.91. The second-order valence-electron chi connectivity index (χ2n) is 4.51. The summed E-state index contributed by atoms with van der Waals surface area (Å²) in [5.41, 5.74) is 5.73. The zero-order valence-electron chi connectivity index (χ0n) is 9.81. The lowest BCUT2D eigenvalue weighted by molar-refractivity contribution is 0.286. The van der Waals surface area contributed by atoms with Gasteiger partial charge in [-0.05, 0) is 12.1 Å². The van der Waals surface area contributed by atoms with Crippen molar-refractivity contribution in [3.05, 3.63) is 59.4 Å². The van der Waals surface area contributed by atoms with E-state index in [0.717, 1.165) is 29.3 Å². The summed E-state index contributed by atoms with van der Waals surface area (Å²) in [5.74, 6) is 0.982. The molecule has 0 aliphatic carbocycles. The summed E-state index contributed by atoms with van der Waals surface area (Å²) in [5, 5.41) is 3.36. The normalized spacial score (nSPS) is 20.0. The van der Waals surface area contributed by atoms with E-state index >= 15 is 0 Å². The number of hydrogen-bond donors (Lipinski definition) is 1. The van der Waals surface area contributed by atoms with Gasteiger partial charge >= 0.3 is 0 Å². The van der Waals surface area contributed by atoms with Gasteiger partial charge in [-0.1, -0.05) is 24.3 Å². The van der Waals surface area contributed by atoms with Crippen LogP contribution >= 0.6 is 0 Å². The fourth-order valence-electron chi connectivity index (χ4n) is 2.59. The Morgan fingerprint density at radius 1 is 1.11 bits per heavy atom. The van der Waals surface area contributed by atoms with Crippen molar-refractivity contribution in [2.75, 3.05) is 11.9 Å². The summed E-state index contributed by atoms with van der Waals surface area (Å²) in [4.78, 5) is 4.46. The summed E-state index contributed by atoms with van der Waals surface area (Å²) >= 11 is 0. The first kappa shape index (κ1) is 9.71. The van der Waals surface area contributed by atoms with Gasteiger partial charge in [-0.15, -0.1) is 0 Å². The van der Waals surface area contributed by atoms with Gasteiger partial charge in [0.25, 0.3) is 0 Å². The van der Waals surface area contributed by atoms with Crippen LogP contribution < -0.4 is 5.32 Å². The van der Waals surface area contributed by atoms with Crippen LogP contribution in [0.2, 0.25) is 0 Å². The van der Waals surface area contributed by atoms with E-state index in [-0.39, 0.29) is 0 Å². The third-order valence-corrected chi connectivity index (χ3v) is 3.46. The highest BCUT2D eigenvalue weighted by molar-refractivity contribution is 5.96. The highest BCUT2D eigenvalue weighted by atomic mass is 16.5. The molecule has 0 saturated heterocycles. The smallest absolute Gasteiger partial charge is 0.134 e. The molecule has 3 heteroatoms. The molecule has 1 aromatic heterocycles. The third kappa shape index (κ3) is 1.27. The lowest BCUT2D eigenvalue weighted by Crippen LogP contribution is -1.95. The number of nitrogens with one attached hydrogen (secondary N) is 1. The number of fused-ring (bicyclic) bond motifs is 2. The van der Waals surface area contributed by atoms with E-state index in [1.807, 2.05) is 12.3 Å². The molecule has 0 bridgehead atoms. The molecule has 18 heavy (non-hydrogen) atoms. The summed E-state index contributed by atoms with van der Waals surface area (Å²) in [6, 6.07) is 12.3. The van der Waals surface area contributed by atoms with Crippen LogP contribution in [0.4, 0.5) is 5.69 Å². The molecule has 0 fully saturated rings. The number of rotatable bonds is 0. The monoisotopic (exact) mass is 236 g/mol. The molecule has 0 amide bonds. The standard InChI is InChI=1S/C15H12N2O/c1-2-5-11-10(4-1)9-18-15(11)12-8-17-13-6-3-7-16-14(12)13/h1-7,17H,8-9H2/b15-12-. The van der Waals surface area contributed by atoms with Crippen molar-refractivity contribution in [2.45, 2.75) is 6.61 Å². The average molecular weight is 236 g/mol. The minimum atomic E-state index is 0.664. The van der Waals surface area contributed by atoms with Crippen LogP contribution in [0.3, 0.4) is 0 Å². The van der Waals surface area contributed by atoms with E-state index in [0.29, 0.717) is 6.61 Å². The number of aromatic nitrogens is 1. The Morgan fingerprint density at radius 2 is 2.06 bits per heavy atom. The van der Waals surface area contributed by atoms with Crippen molar-refractivity contribution in [2.24, 2.45) is 0 Å². The molecular formula is C15H12N2O. The Morgan fingerprint density at radius 3 is 3.06 bits per heavy atom. The lowest BCUT2D eigenvalue weighted by Gasteiger charge is -2.04. The molecule has 2 aliphatic rings. The third-order valence-electron chi connectivity index (χ3n) is 3.46. The molecule has 88 valence electrons. The van der Waals surface area contributed by atoms with Gasteiger partial charge in [0.15, 0.2) is 0 Å². The van der Waals surface area contributed by atoms with Crippen LogP contribution in [0.15, 0.2) is 42.6 Å². The average Bonchev–Trinajstić information content (AvgIpc) is 3.01.